The minimum atomic E-state index is 0.220. The third kappa shape index (κ3) is 4.98. The summed E-state index contributed by atoms with van der Waals surface area (Å²) in [5.41, 5.74) is 6.36. The van der Waals surface area contributed by atoms with Gasteiger partial charge in [0.1, 0.15) is 0 Å². The van der Waals surface area contributed by atoms with E-state index < -0.39 is 0 Å². The topological polar surface area (TPSA) is 38.0 Å². The standard InChI is InChI=1S/C13H28N2/c1-13(2,3)12(14)10-15-11-8-6-4-5-7-9-11/h11-12,15H,4-10,14H2,1-3H3. The van der Waals surface area contributed by atoms with Crippen molar-refractivity contribution in [1.29, 1.82) is 0 Å². The van der Waals surface area contributed by atoms with Crippen LogP contribution in [-0.2, 0) is 0 Å². The predicted molar refractivity (Wildman–Crippen MR) is 66.9 cm³/mol. The van der Waals surface area contributed by atoms with Gasteiger partial charge >= 0.3 is 0 Å². The first kappa shape index (κ1) is 13.0. The second-order valence-electron chi connectivity index (χ2n) is 6.07. The minimum Gasteiger partial charge on any atom is -0.326 e. The number of hydrogen-bond acceptors (Lipinski definition) is 2. The molecule has 0 radical (unpaired) electrons. The maximum atomic E-state index is 6.14. The molecule has 1 rings (SSSR count). The van der Waals surface area contributed by atoms with E-state index in [4.69, 9.17) is 5.73 Å². The molecule has 3 N–H and O–H groups in total. The zero-order chi connectivity index (χ0) is 11.3. The van der Waals surface area contributed by atoms with Gasteiger partial charge < -0.3 is 11.1 Å². The number of hydrogen-bond donors (Lipinski definition) is 2. The fourth-order valence-electron chi connectivity index (χ4n) is 2.08. The third-order valence-electron chi connectivity index (χ3n) is 3.59. The third-order valence-corrected chi connectivity index (χ3v) is 3.59. The summed E-state index contributed by atoms with van der Waals surface area (Å²) in [6, 6.07) is 0.988. The van der Waals surface area contributed by atoms with Gasteiger partial charge in [0.05, 0.1) is 0 Å². The molecular weight excluding hydrogens is 184 g/mol. The molecule has 1 unspecified atom stereocenters. The smallest absolute Gasteiger partial charge is 0.0214 e. The zero-order valence-corrected chi connectivity index (χ0v) is 10.7. The Bertz CT molecular complexity index is 164. The van der Waals surface area contributed by atoms with Gasteiger partial charge in [0.15, 0.2) is 0 Å². The molecule has 0 spiro atoms. The molecule has 2 heteroatoms. The predicted octanol–water partition coefficient (Wildman–Crippen LogP) is 2.67. The lowest BCUT2D eigenvalue weighted by Crippen LogP contribution is -2.46. The van der Waals surface area contributed by atoms with Gasteiger partial charge in [0.25, 0.3) is 0 Å². The second-order valence-corrected chi connectivity index (χ2v) is 6.07. The van der Waals surface area contributed by atoms with Gasteiger partial charge in [-0.2, -0.15) is 0 Å². The SMILES string of the molecule is CC(C)(C)C(N)CNC1CCCCCC1. The van der Waals surface area contributed by atoms with Gasteiger partial charge in [-0.05, 0) is 18.3 Å². The van der Waals surface area contributed by atoms with Crippen molar-refractivity contribution in [3.05, 3.63) is 0 Å². The van der Waals surface area contributed by atoms with Crippen molar-refractivity contribution in [3.63, 3.8) is 0 Å². The first-order valence-corrected chi connectivity index (χ1v) is 6.49. The highest BCUT2D eigenvalue weighted by Crippen LogP contribution is 2.19. The van der Waals surface area contributed by atoms with E-state index in [-0.39, 0.29) is 11.5 Å². The molecular formula is C13H28N2. The van der Waals surface area contributed by atoms with Gasteiger partial charge in [-0.15, -0.1) is 0 Å². The summed E-state index contributed by atoms with van der Waals surface area (Å²) in [6.45, 7) is 7.61. The molecule has 15 heavy (non-hydrogen) atoms. The van der Waals surface area contributed by atoms with Gasteiger partial charge in [0.2, 0.25) is 0 Å². The number of rotatable bonds is 3. The van der Waals surface area contributed by atoms with Crippen LogP contribution in [0.4, 0.5) is 0 Å². The van der Waals surface area contributed by atoms with Crippen molar-refractivity contribution < 1.29 is 0 Å². The van der Waals surface area contributed by atoms with Crippen LogP contribution in [0.5, 0.6) is 0 Å². The highest BCUT2D eigenvalue weighted by molar-refractivity contribution is 4.81. The van der Waals surface area contributed by atoms with Gasteiger partial charge in [-0.3, -0.25) is 0 Å². The summed E-state index contributed by atoms with van der Waals surface area (Å²) in [4.78, 5) is 0. The average Bonchev–Trinajstić information content (AvgIpc) is 2.40. The first-order valence-electron chi connectivity index (χ1n) is 6.49. The molecule has 90 valence electrons. The van der Waals surface area contributed by atoms with E-state index in [2.05, 4.69) is 26.1 Å². The summed E-state index contributed by atoms with van der Waals surface area (Å²) in [7, 11) is 0. The fraction of sp³-hybridized carbons (Fsp3) is 1.00. The molecule has 1 atom stereocenters. The van der Waals surface area contributed by atoms with Crippen LogP contribution in [0.25, 0.3) is 0 Å². The van der Waals surface area contributed by atoms with Crippen LogP contribution in [0, 0.1) is 5.41 Å². The Morgan fingerprint density at radius 3 is 2.13 bits per heavy atom. The van der Waals surface area contributed by atoms with Crippen molar-refractivity contribution in [2.45, 2.75) is 71.4 Å². The lowest BCUT2D eigenvalue weighted by atomic mass is 9.87. The Labute approximate surface area is 95.0 Å². The van der Waals surface area contributed by atoms with E-state index in [1.54, 1.807) is 0 Å². The van der Waals surface area contributed by atoms with Crippen LogP contribution in [0.1, 0.15) is 59.3 Å². The van der Waals surface area contributed by atoms with Crippen molar-refractivity contribution in [2.24, 2.45) is 11.1 Å². The molecule has 1 aliphatic rings. The Morgan fingerprint density at radius 1 is 1.13 bits per heavy atom. The van der Waals surface area contributed by atoms with E-state index in [9.17, 15) is 0 Å². The molecule has 1 fully saturated rings. The largest absolute Gasteiger partial charge is 0.326 e. The minimum absolute atomic E-state index is 0.220. The summed E-state index contributed by atoms with van der Waals surface area (Å²) < 4.78 is 0. The summed E-state index contributed by atoms with van der Waals surface area (Å²) in [6.07, 6.45) is 8.31. The second kappa shape index (κ2) is 5.86. The molecule has 0 saturated heterocycles. The van der Waals surface area contributed by atoms with E-state index in [0.29, 0.717) is 0 Å². The quantitative estimate of drug-likeness (QED) is 0.706. The van der Waals surface area contributed by atoms with Crippen LogP contribution < -0.4 is 11.1 Å². The average molecular weight is 212 g/mol. The maximum Gasteiger partial charge on any atom is 0.0214 e. The summed E-state index contributed by atoms with van der Waals surface area (Å²) in [5.74, 6) is 0. The molecule has 2 nitrogen and oxygen atoms in total. The van der Waals surface area contributed by atoms with Crippen LogP contribution in [0.2, 0.25) is 0 Å². The van der Waals surface area contributed by atoms with Crippen molar-refractivity contribution >= 4 is 0 Å². The van der Waals surface area contributed by atoms with Crippen LogP contribution in [0.3, 0.4) is 0 Å². The van der Waals surface area contributed by atoms with Crippen LogP contribution in [-0.4, -0.2) is 18.6 Å². The molecule has 0 aliphatic heterocycles. The van der Waals surface area contributed by atoms with Crippen molar-refractivity contribution in [2.75, 3.05) is 6.54 Å². The van der Waals surface area contributed by atoms with E-state index in [1.165, 1.54) is 38.5 Å². The van der Waals surface area contributed by atoms with Crippen molar-refractivity contribution in [1.82, 2.24) is 5.32 Å². The Morgan fingerprint density at radius 2 is 1.67 bits per heavy atom. The normalized spacial score (nSPS) is 22.4. The maximum absolute atomic E-state index is 6.14. The molecule has 0 aromatic rings. The number of nitrogens with two attached hydrogens (primary N) is 1. The van der Waals surface area contributed by atoms with Crippen molar-refractivity contribution in [3.8, 4) is 0 Å². The number of nitrogens with one attached hydrogen (secondary N) is 1. The zero-order valence-electron chi connectivity index (χ0n) is 10.7. The first-order chi connectivity index (χ1) is 7.00. The van der Waals surface area contributed by atoms with Crippen LogP contribution in [0.15, 0.2) is 0 Å². The molecule has 1 saturated carbocycles. The molecule has 0 heterocycles. The molecule has 1 aliphatic carbocycles. The van der Waals surface area contributed by atoms with Gasteiger partial charge in [0, 0.05) is 18.6 Å². The lowest BCUT2D eigenvalue weighted by molar-refractivity contribution is 0.294. The van der Waals surface area contributed by atoms with Gasteiger partial charge in [-0.1, -0.05) is 46.5 Å². The highest BCUT2D eigenvalue weighted by atomic mass is 14.9. The fourth-order valence-corrected chi connectivity index (χ4v) is 2.08. The van der Waals surface area contributed by atoms with Gasteiger partial charge in [-0.25, -0.2) is 0 Å². The molecule has 0 bridgehead atoms. The molecule has 0 aromatic carbocycles. The summed E-state index contributed by atoms with van der Waals surface area (Å²) in [5, 5.41) is 3.64. The highest BCUT2D eigenvalue weighted by Gasteiger charge is 2.21. The van der Waals surface area contributed by atoms with E-state index >= 15 is 0 Å². The van der Waals surface area contributed by atoms with E-state index in [1.807, 2.05) is 0 Å². The van der Waals surface area contributed by atoms with Crippen LogP contribution >= 0.6 is 0 Å². The monoisotopic (exact) mass is 212 g/mol. The Hall–Kier alpha value is -0.0800. The molecule has 0 aromatic heterocycles. The van der Waals surface area contributed by atoms with E-state index in [0.717, 1.165) is 12.6 Å². The lowest BCUT2D eigenvalue weighted by Gasteiger charge is -2.29. The molecule has 0 amide bonds. The Balaban J connectivity index is 2.23. The Kier molecular flexibility index (Phi) is 5.07. The summed E-state index contributed by atoms with van der Waals surface area (Å²) >= 11 is 0.